The summed E-state index contributed by atoms with van der Waals surface area (Å²) < 4.78 is 11.1. The Kier molecular flexibility index (Phi) is 7.48. The summed E-state index contributed by atoms with van der Waals surface area (Å²) in [6.07, 6.45) is 1.58. The zero-order valence-electron chi connectivity index (χ0n) is 19.6. The van der Waals surface area contributed by atoms with Crippen molar-refractivity contribution in [3.63, 3.8) is 0 Å². The van der Waals surface area contributed by atoms with Crippen LogP contribution in [0.1, 0.15) is 30.1 Å². The van der Waals surface area contributed by atoms with Crippen molar-refractivity contribution in [2.75, 3.05) is 36.6 Å². The number of hydrogen-bond acceptors (Lipinski definition) is 4. The van der Waals surface area contributed by atoms with Gasteiger partial charge in [-0.1, -0.05) is 43.3 Å². The Morgan fingerprint density at radius 2 is 1.62 bits per heavy atom. The van der Waals surface area contributed by atoms with Gasteiger partial charge in [0.25, 0.3) is 5.91 Å². The van der Waals surface area contributed by atoms with E-state index in [4.69, 9.17) is 9.47 Å². The Bertz CT molecular complexity index is 1130. The smallest absolute Gasteiger partial charge is 0.258 e. The molecule has 0 spiro atoms. The molecule has 1 atom stereocenters. The number of anilines is 2. The molecule has 0 saturated heterocycles. The molecule has 6 nitrogen and oxygen atoms in total. The van der Waals surface area contributed by atoms with Gasteiger partial charge in [0.1, 0.15) is 11.5 Å². The molecule has 0 aromatic heterocycles. The second-order valence-electron chi connectivity index (χ2n) is 8.40. The van der Waals surface area contributed by atoms with E-state index in [1.165, 1.54) is 0 Å². The summed E-state index contributed by atoms with van der Waals surface area (Å²) in [4.78, 5) is 30.2. The predicted octanol–water partition coefficient (Wildman–Crippen LogP) is 5.18. The van der Waals surface area contributed by atoms with Crippen LogP contribution >= 0.6 is 0 Å². The third-order valence-electron chi connectivity index (χ3n) is 5.96. The van der Waals surface area contributed by atoms with Crippen molar-refractivity contribution in [2.24, 2.45) is 5.92 Å². The molecule has 3 aromatic carbocycles. The molecule has 1 aliphatic heterocycles. The van der Waals surface area contributed by atoms with Gasteiger partial charge in [-0.05, 0) is 49.2 Å². The number of amides is 2. The number of nitrogens with zero attached hydrogens (tertiary/aromatic N) is 2. The first-order chi connectivity index (χ1) is 16.6. The van der Waals surface area contributed by atoms with Gasteiger partial charge in [0.2, 0.25) is 5.91 Å². The van der Waals surface area contributed by atoms with Gasteiger partial charge in [-0.15, -0.1) is 0 Å². The number of rotatable bonds is 8. The Balaban J connectivity index is 1.46. The average molecular weight is 459 g/mol. The minimum Gasteiger partial charge on any atom is -0.497 e. The molecule has 2 amide bonds. The van der Waals surface area contributed by atoms with E-state index < -0.39 is 0 Å². The van der Waals surface area contributed by atoms with Gasteiger partial charge < -0.3 is 19.3 Å². The quantitative estimate of drug-likeness (QED) is 0.436. The number of benzene rings is 3. The van der Waals surface area contributed by atoms with Gasteiger partial charge in [-0.2, -0.15) is 0 Å². The van der Waals surface area contributed by atoms with E-state index in [-0.39, 0.29) is 17.7 Å². The van der Waals surface area contributed by atoms with Crippen LogP contribution < -0.4 is 19.3 Å². The maximum Gasteiger partial charge on any atom is 0.258 e. The van der Waals surface area contributed by atoms with Gasteiger partial charge in [0, 0.05) is 24.7 Å². The summed E-state index contributed by atoms with van der Waals surface area (Å²) in [6, 6.07) is 24.4. The molecule has 0 N–H and O–H groups in total. The van der Waals surface area contributed by atoms with Crippen LogP contribution in [0.25, 0.3) is 0 Å². The van der Waals surface area contributed by atoms with Crippen molar-refractivity contribution in [3.8, 4) is 11.5 Å². The van der Waals surface area contributed by atoms with Crippen LogP contribution in [-0.2, 0) is 4.79 Å². The highest BCUT2D eigenvalue weighted by Crippen LogP contribution is 2.35. The van der Waals surface area contributed by atoms with Gasteiger partial charge in [-0.3, -0.25) is 9.59 Å². The first-order valence-corrected chi connectivity index (χ1v) is 11.6. The summed E-state index contributed by atoms with van der Waals surface area (Å²) in [5, 5.41) is 0. The molecule has 0 radical (unpaired) electrons. The fourth-order valence-electron chi connectivity index (χ4n) is 4.17. The van der Waals surface area contributed by atoms with Crippen LogP contribution in [0.2, 0.25) is 0 Å². The average Bonchev–Trinajstić information content (AvgIpc) is 2.99. The maximum absolute atomic E-state index is 13.3. The van der Waals surface area contributed by atoms with Crippen LogP contribution in [0.15, 0.2) is 78.9 Å². The molecular weight excluding hydrogens is 428 g/mol. The molecule has 0 saturated carbocycles. The Morgan fingerprint density at radius 3 is 2.38 bits per heavy atom. The number of fused-ring (bicyclic) bond motifs is 1. The summed E-state index contributed by atoms with van der Waals surface area (Å²) >= 11 is 0. The highest BCUT2D eigenvalue weighted by Gasteiger charge is 2.33. The van der Waals surface area contributed by atoms with Crippen molar-refractivity contribution in [3.05, 3.63) is 84.4 Å². The molecule has 3 aromatic rings. The van der Waals surface area contributed by atoms with Gasteiger partial charge in [-0.25, -0.2) is 0 Å². The molecule has 0 fully saturated rings. The zero-order chi connectivity index (χ0) is 23.9. The maximum atomic E-state index is 13.3. The van der Waals surface area contributed by atoms with Gasteiger partial charge in [0.05, 0.1) is 31.0 Å². The van der Waals surface area contributed by atoms with Crippen molar-refractivity contribution in [1.82, 2.24) is 0 Å². The third-order valence-corrected chi connectivity index (χ3v) is 5.96. The van der Waals surface area contributed by atoms with Gasteiger partial charge in [0.15, 0.2) is 0 Å². The molecule has 4 rings (SSSR count). The standard InChI is InChI=1S/C28H30N2O4/c1-21-20-30(28(32)22-11-4-3-5-12-22)26-16-7-6-15-25(26)29(27(21)31)17-8-9-18-34-24-14-10-13-23(19-24)33-2/h3-7,10-16,19,21H,8-9,17-18,20H2,1-2H3. The first-order valence-electron chi connectivity index (χ1n) is 11.6. The van der Waals surface area contributed by atoms with Crippen molar-refractivity contribution in [1.29, 1.82) is 0 Å². The van der Waals surface area contributed by atoms with E-state index in [1.54, 1.807) is 12.0 Å². The summed E-state index contributed by atoms with van der Waals surface area (Å²) in [5.74, 6) is 1.14. The molecule has 1 heterocycles. The van der Waals surface area contributed by atoms with Crippen molar-refractivity contribution < 1.29 is 19.1 Å². The lowest BCUT2D eigenvalue weighted by Gasteiger charge is -2.25. The second kappa shape index (κ2) is 10.9. The number of para-hydroxylation sites is 2. The fraction of sp³-hybridized carbons (Fsp3) is 0.286. The topological polar surface area (TPSA) is 59.1 Å². The molecular formula is C28H30N2O4. The predicted molar refractivity (Wildman–Crippen MR) is 134 cm³/mol. The second-order valence-corrected chi connectivity index (χ2v) is 8.40. The first kappa shape index (κ1) is 23.4. The Morgan fingerprint density at radius 1 is 0.912 bits per heavy atom. The highest BCUT2D eigenvalue weighted by molar-refractivity contribution is 6.11. The monoisotopic (exact) mass is 458 g/mol. The molecule has 0 bridgehead atoms. The van der Waals surface area contributed by atoms with Crippen molar-refractivity contribution in [2.45, 2.75) is 19.8 Å². The summed E-state index contributed by atoms with van der Waals surface area (Å²) in [7, 11) is 1.63. The van der Waals surface area contributed by atoms with Crippen LogP contribution in [-0.4, -0.2) is 38.6 Å². The number of ether oxygens (including phenoxy) is 2. The van der Waals surface area contributed by atoms with Crippen LogP contribution in [0, 0.1) is 5.92 Å². The Labute approximate surface area is 200 Å². The van der Waals surface area contributed by atoms with Crippen molar-refractivity contribution >= 4 is 23.2 Å². The lowest BCUT2D eigenvalue weighted by molar-refractivity contribution is -0.121. The summed E-state index contributed by atoms with van der Waals surface area (Å²) in [6.45, 7) is 3.34. The third kappa shape index (κ3) is 5.22. The number of unbranched alkanes of at least 4 members (excludes halogenated alkanes) is 1. The van der Waals surface area contributed by atoms with E-state index in [0.29, 0.717) is 25.3 Å². The normalized spacial score (nSPS) is 15.5. The van der Waals surface area contributed by atoms with E-state index in [1.807, 2.05) is 90.7 Å². The van der Waals surface area contributed by atoms with E-state index in [2.05, 4.69) is 0 Å². The molecule has 1 unspecified atom stereocenters. The highest BCUT2D eigenvalue weighted by atomic mass is 16.5. The van der Waals surface area contributed by atoms with E-state index >= 15 is 0 Å². The SMILES string of the molecule is COc1cccc(OCCCCN2C(=O)C(C)CN(C(=O)c3ccccc3)c3ccccc32)c1. The van der Waals surface area contributed by atoms with Crippen LogP contribution in [0.4, 0.5) is 11.4 Å². The zero-order valence-corrected chi connectivity index (χ0v) is 19.6. The fourth-order valence-corrected chi connectivity index (χ4v) is 4.17. The lowest BCUT2D eigenvalue weighted by atomic mass is 10.1. The molecule has 1 aliphatic rings. The van der Waals surface area contributed by atoms with E-state index in [0.717, 1.165) is 35.7 Å². The Hall–Kier alpha value is -3.80. The summed E-state index contributed by atoms with van der Waals surface area (Å²) in [5.41, 5.74) is 2.15. The number of hydrogen-bond donors (Lipinski definition) is 0. The number of carbonyl (C=O) groups is 2. The largest absolute Gasteiger partial charge is 0.497 e. The number of carbonyl (C=O) groups excluding carboxylic acids is 2. The minimum absolute atomic E-state index is 0.0320. The molecule has 0 aliphatic carbocycles. The molecule has 34 heavy (non-hydrogen) atoms. The minimum atomic E-state index is -0.312. The van der Waals surface area contributed by atoms with Gasteiger partial charge >= 0.3 is 0 Å². The number of methoxy groups -OCH3 is 1. The lowest BCUT2D eigenvalue weighted by Crippen LogP contribution is -2.38. The van der Waals surface area contributed by atoms with Crippen LogP contribution in [0.5, 0.6) is 11.5 Å². The molecule has 6 heteroatoms. The molecule has 176 valence electrons. The van der Waals surface area contributed by atoms with E-state index in [9.17, 15) is 9.59 Å². The van der Waals surface area contributed by atoms with Crippen LogP contribution in [0.3, 0.4) is 0 Å².